The Bertz CT molecular complexity index is 535. The molecule has 1 saturated heterocycles. The molecule has 1 fully saturated rings. The van der Waals surface area contributed by atoms with E-state index in [9.17, 15) is 0 Å². The predicted molar refractivity (Wildman–Crippen MR) is 58.2 cm³/mol. The van der Waals surface area contributed by atoms with Crippen molar-refractivity contribution in [3.05, 3.63) is 30.4 Å². The molecule has 0 aliphatic carbocycles. The predicted octanol–water partition coefficient (Wildman–Crippen LogP) is 1.13. The van der Waals surface area contributed by atoms with Crippen LogP contribution in [0.25, 0.3) is 11.0 Å². The summed E-state index contributed by atoms with van der Waals surface area (Å²) in [5, 5.41) is 10.7. The molecule has 2 aromatic rings. The fourth-order valence-corrected chi connectivity index (χ4v) is 1.75. The lowest BCUT2D eigenvalue weighted by atomic mass is 10.2. The molecule has 1 aromatic carbocycles. The Morgan fingerprint density at radius 3 is 3.06 bits per heavy atom. The summed E-state index contributed by atoms with van der Waals surface area (Å²) in [6, 6.07) is 5.50. The first-order valence-electron chi connectivity index (χ1n) is 5.10. The van der Waals surface area contributed by atoms with Crippen LogP contribution in [0.15, 0.2) is 35.0 Å². The number of ether oxygens (including phenoxy) is 1. The Kier molecular flexibility index (Phi) is 2.11. The van der Waals surface area contributed by atoms with Gasteiger partial charge in [0.1, 0.15) is 22.9 Å². The summed E-state index contributed by atoms with van der Waals surface area (Å²) >= 11 is 0. The Morgan fingerprint density at radius 1 is 1.38 bits per heavy atom. The fraction of sp³-hybridized carbons (Fsp3) is 0.273. The van der Waals surface area contributed by atoms with Crippen LogP contribution < -0.4 is 10.1 Å². The Labute approximate surface area is 92.0 Å². The van der Waals surface area contributed by atoms with E-state index in [4.69, 9.17) is 4.74 Å². The fourth-order valence-electron chi connectivity index (χ4n) is 1.75. The van der Waals surface area contributed by atoms with Crippen molar-refractivity contribution < 1.29 is 9.37 Å². The maximum atomic E-state index is 5.79. The molecule has 1 atom stereocenters. The third-order valence-corrected chi connectivity index (χ3v) is 2.64. The number of nitrogens with one attached hydrogen (secondary N) is 1. The highest BCUT2D eigenvalue weighted by molar-refractivity contribution is 5.74. The van der Waals surface area contributed by atoms with Gasteiger partial charge in [0.15, 0.2) is 0 Å². The van der Waals surface area contributed by atoms with Crippen LogP contribution >= 0.6 is 0 Å². The standard InChI is InChI=1S/C11H11N3O2/c1-7-5-12-6-11(7)15-8-2-3-9-10(4-8)14-16-13-9/h2-4,11-12H,1,5-6H2/t11-/m0/s1. The Hall–Kier alpha value is -1.88. The van der Waals surface area contributed by atoms with E-state index in [0.29, 0.717) is 5.52 Å². The highest BCUT2D eigenvalue weighted by Gasteiger charge is 2.20. The lowest BCUT2D eigenvalue weighted by Crippen LogP contribution is -2.20. The molecule has 0 saturated carbocycles. The minimum absolute atomic E-state index is 0.0392. The van der Waals surface area contributed by atoms with E-state index in [1.54, 1.807) is 0 Å². The summed E-state index contributed by atoms with van der Waals surface area (Å²) in [4.78, 5) is 0. The van der Waals surface area contributed by atoms with Crippen molar-refractivity contribution in [1.82, 2.24) is 15.6 Å². The second kappa shape index (κ2) is 3.61. The van der Waals surface area contributed by atoms with Gasteiger partial charge < -0.3 is 10.1 Å². The molecular weight excluding hydrogens is 206 g/mol. The van der Waals surface area contributed by atoms with Gasteiger partial charge in [0.25, 0.3) is 0 Å². The maximum absolute atomic E-state index is 5.79. The molecule has 3 rings (SSSR count). The monoisotopic (exact) mass is 217 g/mol. The normalized spacial score (nSPS) is 20.5. The van der Waals surface area contributed by atoms with Gasteiger partial charge in [-0.2, -0.15) is 0 Å². The van der Waals surface area contributed by atoms with E-state index in [-0.39, 0.29) is 6.10 Å². The number of aromatic nitrogens is 2. The lowest BCUT2D eigenvalue weighted by molar-refractivity contribution is 0.256. The number of nitrogens with zero attached hydrogens (tertiary/aromatic N) is 2. The Balaban J connectivity index is 1.85. The molecule has 0 unspecified atom stereocenters. The third kappa shape index (κ3) is 1.55. The quantitative estimate of drug-likeness (QED) is 0.764. The highest BCUT2D eigenvalue weighted by Crippen LogP contribution is 2.21. The molecule has 0 spiro atoms. The van der Waals surface area contributed by atoms with Crippen LogP contribution in [0.3, 0.4) is 0 Å². The maximum Gasteiger partial charge on any atom is 0.138 e. The van der Waals surface area contributed by atoms with Gasteiger partial charge in [-0.05, 0) is 28.0 Å². The highest BCUT2D eigenvalue weighted by atomic mass is 16.6. The van der Waals surface area contributed by atoms with Gasteiger partial charge in [-0.1, -0.05) is 6.58 Å². The first-order chi connectivity index (χ1) is 7.83. The molecule has 16 heavy (non-hydrogen) atoms. The minimum Gasteiger partial charge on any atom is -0.485 e. The van der Waals surface area contributed by atoms with Crippen molar-refractivity contribution in [1.29, 1.82) is 0 Å². The van der Waals surface area contributed by atoms with E-state index >= 15 is 0 Å². The van der Waals surface area contributed by atoms with Crippen molar-refractivity contribution in [3.8, 4) is 5.75 Å². The van der Waals surface area contributed by atoms with E-state index in [1.165, 1.54) is 0 Å². The van der Waals surface area contributed by atoms with Crippen LogP contribution in [0, 0.1) is 0 Å². The smallest absolute Gasteiger partial charge is 0.138 e. The molecule has 1 N–H and O–H groups in total. The molecule has 0 bridgehead atoms. The molecule has 2 heterocycles. The second-order valence-corrected chi connectivity index (χ2v) is 3.81. The molecule has 0 radical (unpaired) electrons. The zero-order valence-electron chi connectivity index (χ0n) is 8.64. The zero-order valence-corrected chi connectivity index (χ0v) is 8.64. The van der Waals surface area contributed by atoms with Gasteiger partial charge in [0.2, 0.25) is 0 Å². The molecule has 1 aromatic heterocycles. The Morgan fingerprint density at radius 2 is 2.25 bits per heavy atom. The number of hydrogen-bond acceptors (Lipinski definition) is 5. The van der Waals surface area contributed by atoms with Crippen molar-refractivity contribution in [2.45, 2.75) is 6.10 Å². The third-order valence-electron chi connectivity index (χ3n) is 2.64. The van der Waals surface area contributed by atoms with Gasteiger partial charge in [-0.15, -0.1) is 0 Å². The summed E-state index contributed by atoms with van der Waals surface area (Å²) in [5.41, 5.74) is 2.50. The summed E-state index contributed by atoms with van der Waals surface area (Å²) in [6.45, 7) is 5.57. The summed E-state index contributed by atoms with van der Waals surface area (Å²) in [5.74, 6) is 0.762. The van der Waals surface area contributed by atoms with E-state index in [2.05, 4.69) is 26.8 Å². The van der Waals surface area contributed by atoms with E-state index < -0.39 is 0 Å². The number of rotatable bonds is 2. The van der Waals surface area contributed by atoms with Gasteiger partial charge >= 0.3 is 0 Å². The second-order valence-electron chi connectivity index (χ2n) is 3.81. The van der Waals surface area contributed by atoms with Crippen LogP contribution in [0.5, 0.6) is 5.75 Å². The van der Waals surface area contributed by atoms with Crippen molar-refractivity contribution in [2.75, 3.05) is 13.1 Å². The van der Waals surface area contributed by atoms with E-state index in [1.807, 2.05) is 18.2 Å². The largest absolute Gasteiger partial charge is 0.485 e. The molecular formula is C11H11N3O2. The minimum atomic E-state index is 0.0392. The van der Waals surface area contributed by atoms with Crippen LogP contribution in [0.4, 0.5) is 0 Å². The molecule has 1 aliphatic heterocycles. The van der Waals surface area contributed by atoms with Crippen molar-refractivity contribution in [2.24, 2.45) is 0 Å². The topological polar surface area (TPSA) is 60.2 Å². The van der Waals surface area contributed by atoms with Gasteiger partial charge in [0, 0.05) is 19.2 Å². The SMILES string of the molecule is C=C1CNC[C@@H]1Oc1ccc2nonc2c1. The van der Waals surface area contributed by atoms with Crippen molar-refractivity contribution in [3.63, 3.8) is 0 Å². The van der Waals surface area contributed by atoms with Crippen LogP contribution in [0.2, 0.25) is 0 Å². The van der Waals surface area contributed by atoms with Gasteiger partial charge in [-0.3, -0.25) is 0 Å². The number of fused-ring (bicyclic) bond motifs is 1. The van der Waals surface area contributed by atoms with Crippen LogP contribution in [-0.2, 0) is 0 Å². The van der Waals surface area contributed by atoms with Crippen LogP contribution in [0.1, 0.15) is 0 Å². The first-order valence-corrected chi connectivity index (χ1v) is 5.10. The molecule has 0 amide bonds. The molecule has 5 nitrogen and oxygen atoms in total. The van der Waals surface area contributed by atoms with Crippen LogP contribution in [-0.4, -0.2) is 29.5 Å². The average Bonchev–Trinajstić information content (AvgIpc) is 2.88. The van der Waals surface area contributed by atoms with Gasteiger partial charge in [-0.25, -0.2) is 4.63 Å². The van der Waals surface area contributed by atoms with Crippen molar-refractivity contribution >= 4 is 11.0 Å². The van der Waals surface area contributed by atoms with E-state index in [0.717, 1.165) is 29.9 Å². The molecule has 82 valence electrons. The lowest BCUT2D eigenvalue weighted by Gasteiger charge is -2.13. The number of hydrogen-bond donors (Lipinski definition) is 1. The summed E-state index contributed by atoms with van der Waals surface area (Å²) in [7, 11) is 0. The zero-order chi connectivity index (χ0) is 11.0. The summed E-state index contributed by atoms with van der Waals surface area (Å²) in [6.07, 6.45) is 0.0392. The number of benzene rings is 1. The van der Waals surface area contributed by atoms with Gasteiger partial charge in [0.05, 0.1) is 0 Å². The average molecular weight is 217 g/mol. The summed E-state index contributed by atoms with van der Waals surface area (Å²) < 4.78 is 10.4. The first kappa shape index (κ1) is 9.35. The molecule has 1 aliphatic rings. The molecule has 5 heteroatoms.